The second kappa shape index (κ2) is 6.85. The van der Waals surface area contributed by atoms with E-state index in [-0.39, 0.29) is 23.5 Å². The van der Waals surface area contributed by atoms with E-state index in [1.54, 1.807) is 0 Å². The fourth-order valence-electron chi connectivity index (χ4n) is 1.79. The number of ketones is 1. The Morgan fingerprint density at radius 3 is 2.45 bits per heavy atom. The van der Waals surface area contributed by atoms with Crippen LogP contribution < -0.4 is 5.73 Å². The van der Waals surface area contributed by atoms with Crippen LogP contribution in [0.4, 0.5) is 17.6 Å². The average molecular weight is 335 g/mol. The van der Waals surface area contributed by atoms with Gasteiger partial charge in [-0.05, 0) is 29.8 Å². The second-order valence-electron chi connectivity index (χ2n) is 4.33. The summed E-state index contributed by atoms with van der Waals surface area (Å²) in [6.45, 7) is 0. The quantitative estimate of drug-likeness (QED) is 0.530. The number of rotatable bonds is 3. The zero-order valence-electron chi connectivity index (χ0n) is 11.0. The predicted octanol–water partition coefficient (Wildman–Crippen LogP) is 3.54. The molecule has 118 valence electrons. The Balaban J connectivity index is 0.00000242. The average Bonchev–Trinajstić information content (AvgIpc) is 2.45. The van der Waals surface area contributed by atoms with Crippen molar-refractivity contribution in [2.75, 3.05) is 0 Å². The molecule has 0 aliphatic carbocycles. The van der Waals surface area contributed by atoms with Crippen molar-refractivity contribution >= 4 is 18.2 Å². The third kappa shape index (κ3) is 4.02. The number of pyridine rings is 1. The van der Waals surface area contributed by atoms with E-state index in [4.69, 9.17) is 5.73 Å². The maximum atomic E-state index is 13.0. The van der Waals surface area contributed by atoms with Gasteiger partial charge in [-0.1, -0.05) is 12.1 Å². The first kappa shape index (κ1) is 18.1. The molecule has 0 saturated heterocycles. The molecule has 0 bridgehead atoms. The number of hydrogen-bond acceptors (Lipinski definition) is 3. The highest BCUT2D eigenvalue weighted by Crippen LogP contribution is 2.30. The number of alkyl halides is 3. The molecule has 2 rings (SSSR count). The number of nitrogens with two attached hydrogens (primary N) is 1. The van der Waals surface area contributed by atoms with E-state index in [1.165, 1.54) is 12.1 Å². The van der Waals surface area contributed by atoms with Crippen molar-refractivity contribution in [1.82, 2.24) is 4.98 Å². The molecule has 1 aromatic heterocycles. The molecule has 3 nitrogen and oxygen atoms in total. The summed E-state index contributed by atoms with van der Waals surface area (Å²) in [6, 6.07) is 4.97. The van der Waals surface area contributed by atoms with Gasteiger partial charge in [0.25, 0.3) is 0 Å². The number of Topliss-reactive ketones (excluding diaryl/α,β-unsaturated/α-hetero) is 1. The first-order valence-corrected chi connectivity index (χ1v) is 5.87. The number of hydrogen-bond donors (Lipinski definition) is 1. The Morgan fingerprint density at radius 1 is 1.18 bits per heavy atom. The van der Waals surface area contributed by atoms with Crippen molar-refractivity contribution in [3.8, 4) is 0 Å². The summed E-state index contributed by atoms with van der Waals surface area (Å²) in [6.07, 6.45) is -3.42. The molecule has 1 aromatic carbocycles. The Morgan fingerprint density at radius 2 is 1.86 bits per heavy atom. The normalized spacial score (nSPS) is 12.4. The zero-order valence-corrected chi connectivity index (χ0v) is 11.8. The minimum atomic E-state index is -4.55. The van der Waals surface area contributed by atoms with E-state index in [0.29, 0.717) is 0 Å². The second-order valence-corrected chi connectivity index (χ2v) is 4.33. The largest absolute Gasteiger partial charge is 0.416 e. The van der Waals surface area contributed by atoms with Gasteiger partial charge in [-0.2, -0.15) is 17.6 Å². The van der Waals surface area contributed by atoms with E-state index in [2.05, 4.69) is 4.98 Å². The summed E-state index contributed by atoms with van der Waals surface area (Å²) in [5.74, 6) is -1.55. The molecular weight excluding hydrogens is 324 g/mol. The van der Waals surface area contributed by atoms with Crippen molar-refractivity contribution < 1.29 is 22.4 Å². The molecule has 0 aliphatic heterocycles. The van der Waals surface area contributed by atoms with E-state index in [0.717, 1.165) is 30.5 Å². The fourth-order valence-corrected chi connectivity index (χ4v) is 1.79. The highest BCUT2D eigenvalue weighted by atomic mass is 35.5. The van der Waals surface area contributed by atoms with Crippen molar-refractivity contribution in [2.45, 2.75) is 12.2 Å². The smallest absolute Gasteiger partial charge is 0.318 e. The lowest BCUT2D eigenvalue weighted by atomic mass is 9.97. The van der Waals surface area contributed by atoms with Gasteiger partial charge in [-0.3, -0.25) is 4.79 Å². The molecule has 2 N–H and O–H groups in total. The monoisotopic (exact) mass is 334 g/mol. The van der Waals surface area contributed by atoms with Gasteiger partial charge in [0.1, 0.15) is 0 Å². The van der Waals surface area contributed by atoms with E-state index in [1.807, 2.05) is 0 Å². The van der Waals surface area contributed by atoms with E-state index >= 15 is 0 Å². The fraction of sp³-hybridized carbons (Fsp3) is 0.143. The van der Waals surface area contributed by atoms with Crippen LogP contribution in [0.25, 0.3) is 0 Å². The third-order valence-electron chi connectivity index (χ3n) is 2.87. The van der Waals surface area contributed by atoms with Gasteiger partial charge in [-0.25, -0.2) is 4.98 Å². The molecule has 1 atom stereocenters. The molecule has 0 saturated carbocycles. The summed E-state index contributed by atoms with van der Waals surface area (Å²) in [5.41, 5.74) is 4.69. The van der Waals surface area contributed by atoms with Crippen molar-refractivity contribution in [3.05, 3.63) is 65.2 Å². The van der Waals surface area contributed by atoms with Gasteiger partial charge >= 0.3 is 6.18 Å². The van der Waals surface area contributed by atoms with Crippen LogP contribution in [0.5, 0.6) is 0 Å². The minimum Gasteiger partial charge on any atom is -0.318 e. The Bertz CT molecular complexity index is 676. The summed E-state index contributed by atoms with van der Waals surface area (Å²) in [4.78, 5) is 15.4. The molecular formula is C14H11ClF4N2O. The first-order chi connectivity index (χ1) is 9.79. The van der Waals surface area contributed by atoms with Crippen LogP contribution in [0.15, 0.2) is 42.6 Å². The van der Waals surface area contributed by atoms with Crippen LogP contribution >= 0.6 is 12.4 Å². The molecule has 0 aliphatic rings. The Labute approximate surface area is 129 Å². The summed E-state index contributed by atoms with van der Waals surface area (Å²) in [7, 11) is 0. The zero-order chi connectivity index (χ0) is 15.6. The molecule has 2 aromatic rings. The van der Waals surface area contributed by atoms with E-state index < -0.39 is 29.5 Å². The third-order valence-corrected chi connectivity index (χ3v) is 2.87. The number of carbonyl (C=O) groups excluding carboxylic acids is 1. The SMILES string of the molecule is Cl.NC(C(=O)c1cccc(C(F)(F)F)c1)c1ccnc(F)c1. The number of aromatic nitrogens is 1. The lowest BCUT2D eigenvalue weighted by Crippen LogP contribution is -2.22. The number of halogens is 5. The highest BCUT2D eigenvalue weighted by Gasteiger charge is 2.31. The highest BCUT2D eigenvalue weighted by molar-refractivity contribution is 6.00. The Kier molecular flexibility index (Phi) is 5.62. The standard InChI is InChI=1S/C14H10F4N2O.ClH/c15-11-7-8(4-5-20-11)12(19)13(21)9-2-1-3-10(6-9)14(16,17)18;/h1-7,12H,19H2;1H. The molecule has 8 heteroatoms. The maximum absolute atomic E-state index is 13.0. The molecule has 1 heterocycles. The van der Waals surface area contributed by atoms with Crippen LogP contribution in [-0.2, 0) is 6.18 Å². The van der Waals surface area contributed by atoms with Crippen LogP contribution in [-0.4, -0.2) is 10.8 Å². The first-order valence-electron chi connectivity index (χ1n) is 5.87. The topological polar surface area (TPSA) is 56.0 Å². The van der Waals surface area contributed by atoms with Crippen LogP contribution in [0.3, 0.4) is 0 Å². The minimum absolute atomic E-state index is 0. The van der Waals surface area contributed by atoms with Gasteiger partial charge in [0.05, 0.1) is 11.6 Å². The molecule has 0 spiro atoms. The number of carbonyl (C=O) groups is 1. The van der Waals surface area contributed by atoms with Crippen molar-refractivity contribution in [1.29, 1.82) is 0 Å². The van der Waals surface area contributed by atoms with Gasteiger partial charge in [0, 0.05) is 11.8 Å². The number of benzene rings is 1. The summed E-state index contributed by atoms with van der Waals surface area (Å²) >= 11 is 0. The van der Waals surface area contributed by atoms with E-state index in [9.17, 15) is 22.4 Å². The van der Waals surface area contributed by atoms with Gasteiger partial charge in [0.15, 0.2) is 5.78 Å². The summed E-state index contributed by atoms with van der Waals surface area (Å²) < 4.78 is 50.8. The van der Waals surface area contributed by atoms with Crippen LogP contribution in [0, 0.1) is 5.95 Å². The lowest BCUT2D eigenvalue weighted by Gasteiger charge is -2.12. The number of nitrogens with zero attached hydrogens (tertiary/aromatic N) is 1. The van der Waals surface area contributed by atoms with Crippen LogP contribution in [0.2, 0.25) is 0 Å². The van der Waals surface area contributed by atoms with Crippen molar-refractivity contribution in [2.24, 2.45) is 5.73 Å². The molecule has 1 unspecified atom stereocenters. The molecule has 22 heavy (non-hydrogen) atoms. The molecule has 0 radical (unpaired) electrons. The van der Waals surface area contributed by atoms with Gasteiger partial charge < -0.3 is 5.73 Å². The molecule has 0 fully saturated rings. The Hall–Kier alpha value is -1.99. The predicted molar refractivity (Wildman–Crippen MR) is 74.1 cm³/mol. The van der Waals surface area contributed by atoms with Crippen molar-refractivity contribution in [3.63, 3.8) is 0 Å². The van der Waals surface area contributed by atoms with Crippen LogP contribution in [0.1, 0.15) is 27.5 Å². The van der Waals surface area contributed by atoms with Gasteiger partial charge in [-0.15, -0.1) is 12.4 Å². The lowest BCUT2D eigenvalue weighted by molar-refractivity contribution is -0.137. The summed E-state index contributed by atoms with van der Waals surface area (Å²) in [5, 5.41) is 0. The molecule has 0 amide bonds. The van der Waals surface area contributed by atoms with Gasteiger partial charge in [0.2, 0.25) is 5.95 Å². The maximum Gasteiger partial charge on any atom is 0.416 e.